The molecule has 1 heterocycles. The Balaban J connectivity index is 1.46. The predicted molar refractivity (Wildman–Crippen MR) is 80.7 cm³/mol. The Labute approximate surface area is 128 Å². The van der Waals surface area contributed by atoms with Gasteiger partial charge in [0, 0.05) is 0 Å². The Kier molecular flexibility index (Phi) is 2.21. The van der Waals surface area contributed by atoms with Crippen LogP contribution in [0.5, 0.6) is 0 Å². The molecule has 22 heavy (non-hydrogen) atoms. The number of hydrazone groups is 1. The lowest BCUT2D eigenvalue weighted by atomic mass is 9.85. The molecule has 1 aliphatic heterocycles. The lowest BCUT2D eigenvalue weighted by molar-refractivity contribution is -0.141. The normalized spacial score (nSPS) is 36.8. The van der Waals surface area contributed by atoms with Crippen LogP contribution in [-0.4, -0.2) is 23.0 Å². The third kappa shape index (κ3) is 1.35. The number of allylic oxidation sites excluding steroid dienone is 2. The molecule has 4 atom stereocenters. The van der Waals surface area contributed by atoms with Gasteiger partial charge in [0.15, 0.2) is 0 Å². The number of hydrogen-bond acceptors (Lipinski definition) is 3. The van der Waals surface area contributed by atoms with Crippen molar-refractivity contribution in [2.45, 2.75) is 12.8 Å². The number of hydrogen-bond donors (Lipinski definition) is 0. The van der Waals surface area contributed by atoms with Crippen LogP contribution in [-0.2, 0) is 9.59 Å². The molecule has 0 unspecified atom stereocenters. The SMILES string of the molecule is O=C1[C@@H]2[C@H](C(=O)N1/N=C\c1ccccc1)[C@H]1C=C[C@@H]2C12CC2. The summed E-state index contributed by atoms with van der Waals surface area (Å²) in [5, 5.41) is 5.30. The predicted octanol–water partition coefficient (Wildman–Crippen LogP) is 2.22. The maximum absolute atomic E-state index is 12.7. The third-order valence-electron chi connectivity index (χ3n) is 5.95. The second-order valence-corrected chi connectivity index (χ2v) is 6.86. The average Bonchev–Trinajstić information content (AvgIpc) is 3.14. The van der Waals surface area contributed by atoms with Gasteiger partial charge in [0.2, 0.25) is 0 Å². The first-order chi connectivity index (χ1) is 10.7. The van der Waals surface area contributed by atoms with Crippen LogP contribution in [0.2, 0.25) is 0 Å². The first-order valence-electron chi connectivity index (χ1n) is 7.87. The number of benzene rings is 1. The summed E-state index contributed by atoms with van der Waals surface area (Å²) in [5.41, 5.74) is 1.13. The van der Waals surface area contributed by atoms with Gasteiger partial charge in [-0.25, -0.2) is 0 Å². The summed E-state index contributed by atoms with van der Waals surface area (Å²) < 4.78 is 0. The van der Waals surface area contributed by atoms with Gasteiger partial charge in [0.1, 0.15) is 0 Å². The lowest BCUT2D eigenvalue weighted by Gasteiger charge is -2.18. The number of amides is 2. The van der Waals surface area contributed by atoms with Gasteiger partial charge < -0.3 is 0 Å². The molecule has 1 saturated heterocycles. The Morgan fingerprint density at radius 2 is 1.59 bits per heavy atom. The van der Waals surface area contributed by atoms with Crippen molar-refractivity contribution in [2.24, 2.45) is 34.2 Å². The average molecular weight is 292 g/mol. The molecule has 3 fully saturated rings. The minimum Gasteiger partial charge on any atom is -0.272 e. The first kappa shape index (κ1) is 12.3. The smallest absolute Gasteiger partial charge is 0.254 e. The van der Waals surface area contributed by atoms with Crippen LogP contribution in [0, 0.1) is 29.1 Å². The van der Waals surface area contributed by atoms with Gasteiger partial charge in [-0.1, -0.05) is 42.5 Å². The molecule has 0 aromatic heterocycles. The van der Waals surface area contributed by atoms with Crippen LogP contribution < -0.4 is 0 Å². The fraction of sp³-hybridized carbons (Fsp3) is 0.389. The molecule has 2 bridgehead atoms. The van der Waals surface area contributed by atoms with Gasteiger partial charge in [-0.05, 0) is 35.7 Å². The maximum Gasteiger partial charge on any atom is 0.254 e. The molecule has 1 aromatic rings. The summed E-state index contributed by atoms with van der Waals surface area (Å²) in [6.07, 6.45) is 8.27. The van der Waals surface area contributed by atoms with E-state index in [4.69, 9.17) is 0 Å². The molecule has 1 aromatic carbocycles. The number of carbonyl (C=O) groups is 2. The van der Waals surface area contributed by atoms with Gasteiger partial charge in [-0.2, -0.15) is 10.1 Å². The van der Waals surface area contributed by atoms with E-state index < -0.39 is 0 Å². The van der Waals surface area contributed by atoms with Crippen LogP contribution in [0.15, 0.2) is 47.6 Å². The number of carbonyl (C=O) groups excluding carboxylic acids is 2. The van der Waals surface area contributed by atoms with Gasteiger partial charge in [-0.3, -0.25) is 9.59 Å². The van der Waals surface area contributed by atoms with Gasteiger partial charge in [-0.15, -0.1) is 0 Å². The molecule has 2 saturated carbocycles. The molecule has 3 aliphatic carbocycles. The van der Waals surface area contributed by atoms with Gasteiger partial charge in [0.05, 0.1) is 18.1 Å². The third-order valence-corrected chi connectivity index (χ3v) is 5.95. The Morgan fingerprint density at radius 1 is 1.00 bits per heavy atom. The quantitative estimate of drug-likeness (QED) is 0.477. The number of nitrogens with zero attached hydrogens (tertiary/aromatic N) is 2. The van der Waals surface area contributed by atoms with Crippen molar-refractivity contribution in [2.75, 3.05) is 0 Å². The lowest BCUT2D eigenvalue weighted by Crippen LogP contribution is -2.30. The van der Waals surface area contributed by atoms with E-state index in [1.807, 2.05) is 30.3 Å². The number of rotatable bonds is 2. The second kappa shape index (κ2) is 3.94. The Bertz CT molecular complexity index is 699. The zero-order chi connectivity index (χ0) is 14.9. The maximum atomic E-state index is 12.7. The highest BCUT2D eigenvalue weighted by molar-refractivity contribution is 6.07. The van der Waals surface area contributed by atoms with E-state index in [0.29, 0.717) is 0 Å². The molecule has 4 nitrogen and oxygen atoms in total. The van der Waals surface area contributed by atoms with Crippen molar-refractivity contribution in [3.05, 3.63) is 48.0 Å². The van der Waals surface area contributed by atoms with E-state index in [0.717, 1.165) is 23.4 Å². The van der Waals surface area contributed by atoms with Crippen molar-refractivity contribution in [3.63, 3.8) is 0 Å². The molecule has 2 amide bonds. The summed E-state index contributed by atoms with van der Waals surface area (Å²) in [5.74, 6) is -0.0294. The monoisotopic (exact) mass is 292 g/mol. The Hall–Kier alpha value is -2.23. The Morgan fingerprint density at radius 3 is 2.14 bits per heavy atom. The van der Waals surface area contributed by atoms with Crippen LogP contribution in [0.3, 0.4) is 0 Å². The molecule has 110 valence electrons. The van der Waals surface area contributed by atoms with Crippen LogP contribution in [0.1, 0.15) is 18.4 Å². The molecule has 0 N–H and O–H groups in total. The van der Waals surface area contributed by atoms with E-state index in [-0.39, 0.29) is 40.9 Å². The van der Waals surface area contributed by atoms with Crippen molar-refractivity contribution in [3.8, 4) is 0 Å². The van der Waals surface area contributed by atoms with E-state index in [1.54, 1.807) is 6.21 Å². The summed E-state index contributed by atoms with van der Waals surface area (Å²) >= 11 is 0. The molecule has 0 radical (unpaired) electrons. The van der Waals surface area contributed by atoms with E-state index in [2.05, 4.69) is 17.3 Å². The largest absolute Gasteiger partial charge is 0.272 e. The highest BCUT2D eigenvalue weighted by Gasteiger charge is 2.73. The van der Waals surface area contributed by atoms with Gasteiger partial charge >= 0.3 is 0 Å². The summed E-state index contributed by atoms with van der Waals surface area (Å²) in [6, 6.07) is 9.54. The minimum absolute atomic E-state index is 0.106. The zero-order valence-electron chi connectivity index (χ0n) is 12.1. The van der Waals surface area contributed by atoms with Gasteiger partial charge in [0.25, 0.3) is 11.8 Å². The minimum atomic E-state index is -0.169. The topological polar surface area (TPSA) is 49.7 Å². The number of fused-ring (bicyclic) bond motifs is 3. The van der Waals surface area contributed by atoms with Crippen LogP contribution in [0.25, 0.3) is 0 Å². The highest BCUT2D eigenvalue weighted by Crippen LogP contribution is 2.73. The van der Waals surface area contributed by atoms with Crippen molar-refractivity contribution >= 4 is 18.0 Å². The van der Waals surface area contributed by atoms with Crippen LogP contribution in [0.4, 0.5) is 0 Å². The first-order valence-corrected chi connectivity index (χ1v) is 7.87. The summed E-state index contributed by atoms with van der Waals surface area (Å²) in [6.45, 7) is 0. The van der Waals surface area contributed by atoms with Crippen molar-refractivity contribution in [1.29, 1.82) is 0 Å². The highest BCUT2D eigenvalue weighted by atomic mass is 16.2. The summed E-state index contributed by atoms with van der Waals surface area (Å²) in [4.78, 5) is 25.4. The van der Waals surface area contributed by atoms with Crippen LogP contribution >= 0.6 is 0 Å². The molecular weight excluding hydrogens is 276 g/mol. The van der Waals surface area contributed by atoms with E-state index >= 15 is 0 Å². The van der Waals surface area contributed by atoms with Crippen molar-refractivity contribution in [1.82, 2.24) is 5.01 Å². The molecular formula is C18H16N2O2. The molecule has 4 aliphatic rings. The van der Waals surface area contributed by atoms with E-state index in [9.17, 15) is 9.59 Å². The molecule has 5 rings (SSSR count). The fourth-order valence-electron chi connectivity index (χ4n) is 4.84. The fourth-order valence-corrected chi connectivity index (χ4v) is 4.84. The molecule has 4 heteroatoms. The standard InChI is InChI=1S/C18H16N2O2/c21-16-14-12-6-7-13(18(12)8-9-18)15(14)17(22)20(16)19-10-11-4-2-1-3-5-11/h1-7,10,12-15H,8-9H2/b19-10-/t12-,13+,14-,15+. The second-order valence-electron chi connectivity index (χ2n) is 6.86. The zero-order valence-corrected chi connectivity index (χ0v) is 12.1. The summed E-state index contributed by atoms with van der Waals surface area (Å²) in [7, 11) is 0. The molecule has 1 spiro atoms. The van der Waals surface area contributed by atoms with E-state index in [1.165, 1.54) is 0 Å². The van der Waals surface area contributed by atoms with Crippen molar-refractivity contribution < 1.29 is 9.59 Å². The number of imide groups is 1.